The van der Waals surface area contributed by atoms with Gasteiger partial charge in [-0.1, -0.05) is 12.1 Å². The standard InChI is InChI=1S/C20H21F3N2O3/c1-19(2,3)28-18(27)25-16-10-8-15(9-11-16)24-17(26)12-13-4-6-14(7-5-13)20(21,22)23/h4-11H,12H2,1-3H3,(H,24,26)(H,25,27). The second kappa shape index (κ2) is 8.33. The summed E-state index contributed by atoms with van der Waals surface area (Å²) in [6.07, 6.45) is -5.06. The van der Waals surface area contributed by atoms with Crippen LogP contribution < -0.4 is 10.6 Å². The van der Waals surface area contributed by atoms with Crippen LogP contribution in [-0.4, -0.2) is 17.6 Å². The molecule has 2 amide bonds. The van der Waals surface area contributed by atoms with E-state index in [0.717, 1.165) is 12.1 Å². The number of ether oxygens (including phenoxy) is 1. The van der Waals surface area contributed by atoms with Crippen LogP contribution in [0.5, 0.6) is 0 Å². The average Bonchev–Trinajstić information content (AvgIpc) is 2.54. The van der Waals surface area contributed by atoms with Crippen LogP contribution in [-0.2, 0) is 22.1 Å². The molecular weight excluding hydrogens is 373 g/mol. The lowest BCUT2D eigenvalue weighted by molar-refractivity contribution is -0.137. The highest BCUT2D eigenvalue weighted by Crippen LogP contribution is 2.29. The van der Waals surface area contributed by atoms with Crippen molar-refractivity contribution in [2.75, 3.05) is 10.6 Å². The molecule has 2 rings (SSSR count). The van der Waals surface area contributed by atoms with Crippen molar-refractivity contribution in [1.82, 2.24) is 0 Å². The molecule has 5 nitrogen and oxygen atoms in total. The van der Waals surface area contributed by atoms with Crippen molar-refractivity contribution >= 4 is 23.4 Å². The number of rotatable bonds is 4. The first-order valence-electron chi connectivity index (χ1n) is 8.48. The maximum atomic E-state index is 12.5. The predicted octanol–water partition coefficient (Wildman–Crippen LogP) is 5.23. The summed E-state index contributed by atoms with van der Waals surface area (Å²) in [5, 5.41) is 5.22. The van der Waals surface area contributed by atoms with Crippen LogP contribution in [0.3, 0.4) is 0 Å². The average molecular weight is 394 g/mol. The maximum absolute atomic E-state index is 12.5. The number of carbonyl (C=O) groups is 2. The summed E-state index contributed by atoms with van der Waals surface area (Å²) in [6, 6.07) is 10.8. The summed E-state index contributed by atoms with van der Waals surface area (Å²) in [4.78, 5) is 23.8. The van der Waals surface area contributed by atoms with Crippen molar-refractivity contribution in [3.63, 3.8) is 0 Å². The van der Waals surface area contributed by atoms with Crippen LogP contribution >= 0.6 is 0 Å². The quantitative estimate of drug-likeness (QED) is 0.746. The first-order valence-corrected chi connectivity index (χ1v) is 8.48. The third-order valence-corrected chi connectivity index (χ3v) is 3.46. The summed E-state index contributed by atoms with van der Waals surface area (Å²) >= 11 is 0. The van der Waals surface area contributed by atoms with Crippen molar-refractivity contribution in [2.45, 2.75) is 39.0 Å². The van der Waals surface area contributed by atoms with E-state index in [1.54, 1.807) is 45.0 Å². The highest BCUT2D eigenvalue weighted by atomic mass is 19.4. The molecule has 0 aliphatic carbocycles. The van der Waals surface area contributed by atoms with Crippen molar-refractivity contribution in [1.29, 1.82) is 0 Å². The zero-order valence-electron chi connectivity index (χ0n) is 15.7. The third-order valence-electron chi connectivity index (χ3n) is 3.46. The number of hydrogen-bond acceptors (Lipinski definition) is 3. The van der Waals surface area contributed by atoms with Crippen LogP contribution in [0.15, 0.2) is 48.5 Å². The molecule has 2 aromatic carbocycles. The number of nitrogens with one attached hydrogen (secondary N) is 2. The van der Waals surface area contributed by atoms with E-state index in [0.29, 0.717) is 16.9 Å². The summed E-state index contributed by atoms with van der Waals surface area (Å²) in [6.45, 7) is 5.26. The lowest BCUT2D eigenvalue weighted by Crippen LogP contribution is -2.27. The molecule has 0 aromatic heterocycles. The Morgan fingerprint density at radius 2 is 1.36 bits per heavy atom. The zero-order chi connectivity index (χ0) is 20.9. The number of anilines is 2. The number of hydrogen-bond donors (Lipinski definition) is 2. The SMILES string of the molecule is CC(C)(C)OC(=O)Nc1ccc(NC(=O)Cc2ccc(C(F)(F)F)cc2)cc1. The third kappa shape index (κ3) is 6.94. The van der Waals surface area contributed by atoms with Gasteiger partial charge in [0.15, 0.2) is 0 Å². The van der Waals surface area contributed by atoms with Gasteiger partial charge in [0.1, 0.15) is 5.60 Å². The van der Waals surface area contributed by atoms with Gasteiger partial charge >= 0.3 is 12.3 Å². The lowest BCUT2D eigenvalue weighted by atomic mass is 10.1. The fourth-order valence-electron chi connectivity index (χ4n) is 2.26. The van der Waals surface area contributed by atoms with Gasteiger partial charge in [0.05, 0.1) is 12.0 Å². The molecular formula is C20H21F3N2O3. The van der Waals surface area contributed by atoms with Crippen LogP contribution in [0, 0.1) is 0 Å². The second-order valence-electron chi connectivity index (χ2n) is 7.12. The first-order chi connectivity index (χ1) is 12.9. The highest BCUT2D eigenvalue weighted by molar-refractivity contribution is 5.92. The maximum Gasteiger partial charge on any atom is 0.416 e. The molecule has 0 aliphatic rings. The van der Waals surface area contributed by atoms with E-state index >= 15 is 0 Å². The summed E-state index contributed by atoms with van der Waals surface area (Å²) in [5.41, 5.74) is 0.0797. The van der Waals surface area contributed by atoms with E-state index < -0.39 is 23.4 Å². The summed E-state index contributed by atoms with van der Waals surface area (Å²) in [7, 11) is 0. The smallest absolute Gasteiger partial charge is 0.416 e. The van der Waals surface area contributed by atoms with E-state index in [9.17, 15) is 22.8 Å². The molecule has 28 heavy (non-hydrogen) atoms. The van der Waals surface area contributed by atoms with Crippen LogP contribution in [0.4, 0.5) is 29.3 Å². The van der Waals surface area contributed by atoms with E-state index in [1.807, 2.05) is 0 Å². The van der Waals surface area contributed by atoms with Crippen LogP contribution in [0.1, 0.15) is 31.9 Å². The second-order valence-corrected chi connectivity index (χ2v) is 7.12. The molecule has 0 unspecified atom stereocenters. The Morgan fingerprint density at radius 1 is 0.857 bits per heavy atom. The lowest BCUT2D eigenvalue weighted by Gasteiger charge is -2.19. The Balaban J connectivity index is 1.89. The summed E-state index contributed by atoms with van der Waals surface area (Å²) < 4.78 is 42.8. The number of benzene rings is 2. The van der Waals surface area contributed by atoms with Gasteiger partial charge in [0.25, 0.3) is 0 Å². The molecule has 2 aromatic rings. The predicted molar refractivity (Wildman–Crippen MR) is 100 cm³/mol. The van der Waals surface area contributed by atoms with Gasteiger partial charge in [-0.3, -0.25) is 10.1 Å². The molecule has 0 radical (unpaired) electrons. The van der Waals surface area contributed by atoms with Gasteiger partial charge in [-0.25, -0.2) is 4.79 Å². The van der Waals surface area contributed by atoms with Gasteiger partial charge in [0.2, 0.25) is 5.91 Å². The monoisotopic (exact) mass is 394 g/mol. The Morgan fingerprint density at radius 3 is 1.82 bits per heavy atom. The van der Waals surface area contributed by atoms with Crippen molar-refractivity contribution in [2.24, 2.45) is 0 Å². The molecule has 0 bridgehead atoms. The molecule has 8 heteroatoms. The Labute approximate surface area is 160 Å². The van der Waals surface area contributed by atoms with E-state index in [-0.39, 0.29) is 12.3 Å². The van der Waals surface area contributed by atoms with E-state index in [4.69, 9.17) is 4.74 Å². The Bertz CT molecular complexity index is 824. The van der Waals surface area contributed by atoms with Crippen LogP contribution in [0.2, 0.25) is 0 Å². The van der Waals surface area contributed by atoms with Gasteiger partial charge < -0.3 is 10.1 Å². The van der Waals surface area contributed by atoms with E-state index in [1.165, 1.54) is 12.1 Å². The molecule has 0 spiro atoms. The van der Waals surface area contributed by atoms with Crippen molar-refractivity contribution in [3.8, 4) is 0 Å². The first kappa shape index (κ1) is 21.3. The molecule has 0 aliphatic heterocycles. The van der Waals surface area contributed by atoms with Crippen LogP contribution in [0.25, 0.3) is 0 Å². The van der Waals surface area contributed by atoms with Gasteiger partial charge in [-0.15, -0.1) is 0 Å². The van der Waals surface area contributed by atoms with Gasteiger partial charge in [-0.2, -0.15) is 13.2 Å². The number of amides is 2. The Hall–Kier alpha value is -3.03. The van der Waals surface area contributed by atoms with Gasteiger partial charge in [-0.05, 0) is 62.7 Å². The largest absolute Gasteiger partial charge is 0.444 e. The minimum atomic E-state index is -4.41. The highest BCUT2D eigenvalue weighted by Gasteiger charge is 2.29. The minimum Gasteiger partial charge on any atom is -0.444 e. The number of carbonyl (C=O) groups excluding carboxylic acids is 2. The molecule has 0 fully saturated rings. The van der Waals surface area contributed by atoms with Crippen molar-refractivity contribution < 1.29 is 27.5 Å². The number of alkyl halides is 3. The molecule has 0 atom stereocenters. The molecule has 0 saturated carbocycles. The minimum absolute atomic E-state index is 0.0595. The Kier molecular flexibility index (Phi) is 6.33. The van der Waals surface area contributed by atoms with E-state index in [2.05, 4.69) is 10.6 Å². The molecule has 2 N–H and O–H groups in total. The van der Waals surface area contributed by atoms with Gasteiger partial charge in [0, 0.05) is 11.4 Å². The fourth-order valence-corrected chi connectivity index (χ4v) is 2.26. The summed E-state index contributed by atoms with van der Waals surface area (Å²) in [5.74, 6) is -0.368. The van der Waals surface area contributed by atoms with Crippen molar-refractivity contribution in [3.05, 3.63) is 59.7 Å². The molecule has 0 heterocycles. The fraction of sp³-hybridized carbons (Fsp3) is 0.300. The zero-order valence-corrected chi connectivity index (χ0v) is 15.7. The molecule has 150 valence electrons. The topological polar surface area (TPSA) is 67.4 Å². The number of halogens is 3. The normalized spacial score (nSPS) is 11.6. The molecule has 0 saturated heterocycles.